The lowest BCUT2D eigenvalue weighted by atomic mass is 10.1. The molecule has 1 fully saturated rings. The average Bonchev–Trinajstić information content (AvgIpc) is 3.19. The number of fused-ring (bicyclic) bond motifs is 1. The van der Waals surface area contributed by atoms with Gasteiger partial charge in [0.25, 0.3) is 5.92 Å². The van der Waals surface area contributed by atoms with Crippen LogP contribution in [0.2, 0.25) is 0 Å². The standard InChI is InChI=1S/C20H20F5N4O2P/c1-32(2,31)15-5-3-4-10-11(8-26-17(10)15)16-12(20(23,24)25)9-27-18(29-16)28-13-6-19(21,22)7-14(13)30/h3-5,8-9,13-14,26,30H,6-7H2,1-2H3,(H,27,28,29)/t13-,14-/m1/s1. The first-order valence-electron chi connectivity index (χ1n) is 9.69. The van der Waals surface area contributed by atoms with Crippen molar-refractivity contribution >= 4 is 29.3 Å². The summed E-state index contributed by atoms with van der Waals surface area (Å²) in [6, 6.07) is 3.72. The number of alkyl halides is 5. The predicted octanol–water partition coefficient (Wildman–Crippen LogP) is 4.46. The van der Waals surface area contributed by atoms with Gasteiger partial charge in [0.05, 0.1) is 23.4 Å². The molecule has 0 aliphatic heterocycles. The highest BCUT2D eigenvalue weighted by Crippen LogP contribution is 2.42. The van der Waals surface area contributed by atoms with Crippen LogP contribution in [0.3, 0.4) is 0 Å². The maximum absolute atomic E-state index is 13.7. The zero-order valence-corrected chi connectivity index (χ0v) is 17.9. The van der Waals surface area contributed by atoms with Crippen molar-refractivity contribution < 1.29 is 31.6 Å². The Labute approximate surface area is 179 Å². The van der Waals surface area contributed by atoms with Crippen molar-refractivity contribution in [3.8, 4) is 11.3 Å². The molecule has 0 radical (unpaired) electrons. The van der Waals surface area contributed by atoms with Crippen LogP contribution in [-0.4, -0.2) is 51.5 Å². The van der Waals surface area contributed by atoms with Gasteiger partial charge in [-0.2, -0.15) is 13.2 Å². The van der Waals surface area contributed by atoms with E-state index in [1.54, 1.807) is 31.5 Å². The number of aliphatic hydroxyl groups is 1. The molecule has 6 nitrogen and oxygen atoms in total. The van der Waals surface area contributed by atoms with Crippen molar-refractivity contribution in [3.63, 3.8) is 0 Å². The van der Waals surface area contributed by atoms with E-state index >= 15 is 0 Å². The van der Waals surface area contributed by atoms with E-state index in [0.29, 0.717) is 22.4 Å². The molecule has 0 unspecified atom stereocenters. The smallest absolute Gasteiger partial charge is 0.391 e. The minimum Gasteiger partial charge on any atom is -0.391 e. The quantitative estimate of drug-likeness (QED) is 0.384. The second-order valence-corrected chi connectivity index (χ2v) is 11.5. The fourth-order valence-corrected chi connectivity index (χ4v) is 5.12. The molecule has 4 rings (SSSR count). The van der Waals surface area contributed by atoms with Crippen LogP contribution in [-0.2, 0) is 10.7 Å². The molecular weight excluding hydrogens is 454 g/mol. The topological polar surface area (TPSA) is 90.9 Å². The summed E-state index contributed by atoms with van der Waals surface area (Å²) in [5.41, 5.74) is -1.03. The van der Waals surface area contributed by atoms with Gasteiger partial charge in [-0.25, -0.2) is 18.7 Å². The Balaban J connectivity index is 1.83. The molecule has 1 aromatic carbocycles. The molecule has 0 spiro atoms. The number of para-hydroxylation sites is 1. The van der Waals surface area contributed by atoms with E-state index < -0.39 is 55.5 Å². The number of aromatic nitrogens is 3. The number of aliphatic hydroxyl groups excluding tert-OH is 1. The number of hydrogen-bond donors (Lipinski definition) is 3. The van der Waals surface area contributed by atoms with Crippen molar-refractivity contribution in [1.29, 1.82) is 0 Å². The van der Waals surface area contributed by atoms with Gasteiger partial charge in [0, 0.05) is 41.5 Å². The third-order valence-electron chi connectivity index (χ3n) is 5.43. The fourth-order valence-electron chi connectivity index (χ4n) is 3.95. The molecule has 12 heteroatoms. The zero-order chi connectivity index (χ0) is 23.5. The highest BCUT2D eigenvalue weighted by atomic mass is 31.2. The number of hydrogen-bond acceptors (Lipinski definition) is 5. The molecule has 2 aromatic heterocycles. The van der Waals surface area contributed by atoms with E-state index in [1.165, 1.54) is 6.20 Å². The Morgan fingerprint density at radius 1 is 1.25 bits per heavy atom. The van der Waals surface area contributed by atoms with Gasteiger partial charge in [0.1, 0.15) is 12.7 Å². The number of benzene rings is 1. The summed E-state index contributed by atoms with van der Waals surface area (Å²) in [6.45, 7) is 3.11. The van der Waals surface area contributed by atoms with Crippen molar-refractivity contribution in [2.75, 3.05) is 18.6 Å². The van der Waals surface area contributed by atoms with Crippen LogP contribution in [0.15, 0.2) is 30.6 Å². The number of anilines is 1. The van der Waals surface area contributed by atoms with Crippen LogP contribution >= 0.6 is 7.14 Å². The summed E-state index contributed by atoms with van der Waals surface area (Å²) in [4.78, 5) is 10.5. The number of aromatic amines is 1. The van der Waals surface area contributed by atoms with Gasteiger partial charge in [-0.05, 0) is 19.4 Å². The molecular formula is C20H20F5N4O2P. The number of rotatable bonds is 4. The molecule has 1 aliphatic carbocycles. The van der Waals surface area contributed by atoms with Crippen molar-refractivity contribution in [3.05, 3.63) is 36.2 Å². The summed E-state index contributed by atoms with van der Waals surface area (Å²) >= 11 is 0. The SMILES string of the molecule is CP(C)(=O)c1cccc2c(-c3nc(N[C@@H]4CC(F)(F)C[C@H]4O)ncc3C(F)(F)F)c[nH]c12. The number of halogens is 5. The molecule has 1 aliphatic rings. The summed E-state index contributed by atoms with van der Waals surface area (Å²) in [6.07, 6.45) is -5.69. The minimum absolute atomic E-state index is 0.102. The summed E-state index contributed by atoms with van der Waals surface area (Å²) in [7, 11) is -2.73. The van der Waals surface area contributed by atoms with Crippen LogP contribution in [0.25, 0.3) is 22.2 Å². The van der Waals surface area contributed by atoms with Gasteiger partial charge in [-0.15, -0.1) is 0 Å². The molecule has 3 N–H and O–H groups in total. The van der Waals surface area contributed by atoms with Crippen LogP contribution in [0, 0.1) is 0 Å². The number of nitrogens with one attached hydrogen (secondary N) is 2. The second-order valence-electron chi connectivity index (χ2n) is 8.29. The van der Waals surface area contributed by atoms with Crippen LogP contribution in [0.4, 0.5) is 27.9 Å². The molecule has 32 heavy (non-hydrogen) atoms. The molecule has 172 valence electrons. The lowest BCUT2D eigenvalue weighted by Gasteiger charge is -2.18. The maximum atomic E-state index is 13.7. The minimum atomic E-state index is -4.78. The first-order valence-corrected chi connectivity index (χ1v) is 12.3. The fraction of sp³-hybridized carbons (Fsp3) is 0.400. The Morgan fingerprint density at radius 2 is 1.97 bits per heavy atom. The third-order valence-corrected chi connectivity index (χ3v) is 6.96. The normalized spacial score (nSPS) is 21.2. The summed E-state index contributed by atoms with van der Waals surface area (Å²) in [5, 5.41) is 13.3. The van der Waals surface area contributed by atoms with Gasteiger partial charge >= 0.3 is 6.18 Å². The van der Waals surface area contributed by atoms with Crippen LogP contribution < -0.4 is 10.6 Å². The molecule has 0 saturated heterocycles. The lowest BCUT2D eigenvalue weighted by Crippen LogP contribution is -2.29. The van der Waals surface area contributed by atoms with E-state index in [9.17, 15) is 31.6 Å². The number of H-pyrrole nitrogens is 1. The van der Waals surface area contributed by atoms with Crippen LogP contribution in [0.5, 0.6) is 0 Å². The van der Waals surface area contributed by atoms with Gasteiger partial charge < -0.3 is 20.0 Å². The van der Waals surface area contributed by atoms with Gasteiger partial charge in [0.2, 0.25) is 5.95 Å². The Hall–Kier alpha value is -2.52. The molecule has 1 saturated carbocycles. The largest absolute Gasteiger partial charge is 0.419 e. The molecule has 0 amide bonds. The number of nitrogens with zero attached hydrogens (tertiary/aromatic N) is 2. The van der Waals surface area contributed by atoms with Gasteiger partial charge in [-0.3, -0.25) is 0 Å². The van der Waals surface area contributed by atoms with E-state index in [0.717, 1.165) is 0 Å². The molecule has 2 heterocycles. The monoisotopic (exact) mass is 474 g/mol. The summed E-state index contributed by atoms with van der Waals surface area (Å²) < 4.78 is 80.9. The van der Waals surface area contributed by atoms with Crippen molar-refractivity contribution in [2.45, 2.75) is 37.1 Å². The van der Waals surface area contributed by atoms with Crippen molar-refractivity contribution in [2.24, 2.45) is 0 Å². The van der Waals surface area contributed by atoms with Gasteiger partial charge in [-0.1, -0.05) is 12.1 Å². The molecule has 3 aromatic rings. The highest BCUT2D eigenvalue weighted by molar-refractivity contribution is 7.70. The van der Waals surface area contributed by atoms with E-state index in [1.807, 2.05) is 0 Å². The van der Waals surface area contributed by atoms with Crippen LogP contribution in [0.1, 0.15) is 18.4 Å². The van der Waals surface area contributed by atoms with Crippen molar-refractivity contribution in [1.82, 2.24) is 15.0 Å². The second kappa shape index (κ2) is 7.52. The van der Waals surface area contributed by atoms with Gasteiger partial charge in [0.15, 0.2) is 0 Å². The lowest BCUT2D eigenvalue weighted by molar-refractivity contribution is -0.137. The Kier molecular flexibility index (Phi) is 5.33. The third kappa shape index (κ3) is 4.23. The zero-order valence-electron chi connectivity index (χ0n) is 17.0. The first-order chi connectivity index (χ1) is 14.8. The average molecular weight is 474 g/mol. The Morgan fingerprint density at radius 3 is 2.56 bits per heavy atom. The molecule has 2 atom stereocenters. The van der Waals surface area contributed by atoms with E-state index in [-0.39, 0.29) is 11.5 Å². The first kappa shape index (κ1) is 22.7. The highest BCUT2D eigenvalue weighted by Gasteiger charge is 2.46. The predicted molar refractivity (Wildman–Crippen MR) is 111 cm³/mol. The molecule has 0 bridgehead atoms. The summed E-state index contributed by atoms with van der Waals surface area (Å²) in [5.74, 6) is -3.40. The van der Waals surface area contributed by atoms with E-state index in [4.69, 9.17) is 0 Å². The maximum Gasteiger partial charge on any atom is 0.419 e. The Bertz CT molecular complexity index is 1220. The van der Waals surface area contributed by atoms with E-state index in [2.05, 4.69) is 20.3 Å².